The molecule has 126 valence electrons. The van der Waals surface area contributed by atoms with E-state index in [0.717, 1.165) is 12.1 Å². The Morgan fingerprint density at radius 1 is 1.04 bits per heavy atom. The molecule has 0 amide bonds. The predicted molar refractivity (Wildman–Crippen MR) is 89.4 cm³/mol. The van der Waals surface area contributed by atoms with Crippen molar-refractivity contribution in [1.29, 1.82) is 0 Å². The van der Waals surface area contributed by atoms with Crippen LogP contribution in [0.15, 0.2) is 59.9 Å². The molecule has 0 fully saturated rings. The Balaban J connectivity index is 2.00. The van der Waals surface area contributed by atoms with E-state index in [0.29, 0.717) is 33.4 Å². The van der Waals surface area contributed by atoms with Crippen molar-refractivity contribution in [3.05, 3.63) is 82.4 Å². The zero-order valence-electron chi connectivity index (χ0n) is 12.8. The summed E-state index contributed by atoms with van der Waals surface area (Å²) in [5.74, 6) is 0.656. The lowest BCUT2D eigenvalue weighted by Crippen LogP contribution is -2.12. The standard InChI is InChI=1S/C18H11ClF3N3/c19-14-4-2-1-3-12(14)17-13-9-11(18(20,21)22)5-6-15(13)25-8-7-23-16(25)10-24-17/h1-9H,10H2. The lowest BCUT2D eigenvalue weighted by atomic mass is 9.98. The molecule has 0 saturated heterocycles. The summed E-state index contributed by atoms with van der Waals surface area (Å²) in [5, 5.41) is 0.434. The summed E-state index contributed by atoms with van der Waals surface area (Å²) in [6, 6.07) is 10.6. The van der Waals surface area contributed by atoms with Gasteiger partial charge in [-0.2, -0.15) is 13.2 Å². The average Bonchev–Trinajstić information content (AvgIpc) is 2.98. The van der Waals surface area contributed by atoms with Gasteiger partial charge in [0.1, 0.15) is 5.82 Å². The Kier molecular flexibility index (Phi) is 3.65. The first-order chi connectivity index (χ1) is 11.9. The number of rotatable bonds is 1. The van der Waals surface area contributed by atoms with Gasteiger partial charge >= 0.3 is 6.18 Å². The highest BCUT2D eigenvalue weighted by atomic mass is 35.5. The van der Waals surface area contributed by atoms with Gasteiger partial charge in [0.05, 0.1) is 23.5 Å². The van der Waals surface area contributed by atoms with Gasteiger partial charge in [0.2, 0.25) is 0 Å². The topological polar surface area (TPSA) is 30.2 Å². The van der Waals surface area contributed by atoms with Crippen molar-refractivity contribution in [3.63, 3.8) is 0 Å². The fraction of sp³-hybridized carbons (Fsp3) is 0.111. The Morgan fingerprint density at radius 3 is 2.60 bits per heavy atom. The van der Waals surface area contributed by atoms with Crippen LogP contribution in [0.1, 0.15) is 22.5 Å². The molecule has 0 spiro atoms. The fourth-order valence-corrected chi connectivity index (χ4v) is 3.13. The fourth-order valence-electron chi connectivity index (χ4n) is 2.90. The quantitative estimate of drug-likeness (QED) is 0.606. The molecule has 4 rings (SSSR count). The first-order valence-corrected chi connectivity index (χ1v) is 7.86. The molecule has 0 atom stereocenters. The van der Waals surface area contributed by atoms with E-state index < -0.39 is 11.7 Å². The molecule has 0 unspecified atom stereocenters. The third-order valence-corrected chi connectivity index (χ3v) is 4.39. The van der Waals surface area contributed by atoms with Gasteiger partial charge in [0.15, 0.2) is 0 Å². The number of nitrogens with zero attached hydrogens (tertiary/aromatic N) is 3. The van der Waals surface area contributed by atoms with Crippen molar-refractivity contribution in [3.8, 4) is 5.69 Å². The summed E-state index contributed by atoms with van der Waals surface area (Å²) in [6.07, 6.45) is -1.12. The molecule has 0 aliphatic carbocycles. The van der Waals surface area contributed by atoms with Crippen LogP contribution in [0, 0.1) is 0 Å². The number of hydrogen-bond donors (Lipinski definition) is 0. The minimum atomic E-state index is -4.44. The second kappa shape index (κ2) is 5.74. The molecule has 2 aromatic carbocycles. The van der Waals surface area contributed by atoms with Gasteiger partial charge in [-0.05, 0) is 24.3 Å². The van der Waals surface area contributed by atoms with E-state index in [1.807, 2.05) is 0 Å². The number of aliphatic imine (C=N–C) groups is 1. The van der Waals surface area contributed by atoms with Gasteiger partial charge in [0.25, 0.3) is 0 Å². The average molecular weight is 362 g/mol. The lowest BCUT2D eigenvalue weighted by Gasteiger charge is -2.15. The van der Waals surface area contributed by atoms with E-state index in [9.17, 15) is 13.2 Å². The third-order valence-electron chi connectivity index (χ3n) is 4.06. The first-order valence-electron chi connectivity index (χ1n) is 7.49. The molecule has 0 N–H and O–H groups in total. The number of aromatic nitrogens is 2. The van der Waals surface area contributed by atoms with Crippen molar-refractivity contribution >= 4 is 17.3 Å². The molecular weight excluding hydrogens is 351 g/mol. The van der Waals surface area contributed by atoms with Gasteiger partial charge in [0, 0.05) is 28.5 Å². The van der Waals surface area contributed by atoms with Crippen LogP contribution in [0.2, 0.25) is 5.02 Å². The second-order valence-corrected chi connectivity index (χ2v) is 6.00. The highest BCUT2D eigenvalue weighted by Crippen LogP contribution is 2.34. The van der Waals surface area contributed by atoms with Gasteiger partial charge in [-0.3, -0.25) is 4.99 Å². The molecule has 1 aromatic heterocycles. The number of benzene rings is 2. The summed E-state index contributed by atoms with van der Waals surface area (Å²) in [4.78, 5) is 8.75. The SMILES string of the molecule is FC(F)(F)c1ccc2c(c1)C(c1ccccc1Cl)=NCc1nccn1-2. The monoisotopic (exact) mass is 361 g/mol. The van der Waals surface area contributed by atoms with Crippen molar-refractivity contribution < 1.29 is 13.2 Å². The summed E-state index contributed by atoms with van der Waals surface area (Å²) >= 11 is 6.27. The molecule has 0 radical (unpaired) electrons. The zero-order chi connectivity index (χ0) is 17.6. The van der Waals surface area contributed by atoms with Gasteiger partial charge in [-0.15, -0.1) is 0 Å². The van der Waals surface area contributed by atoms with Crippen LogP contribution in [0.25, 0.3) is 5.69 Å². The molecule has 2 heterocycles. The number of hydrogen-bond acceptors (Lipinski definition) is 2. The van der Waals surface area contributed by atoms with Crippen molar-refractivity contribution in [2.45, 2.75) is 12.7 Å². The van der Waals surface area contributed by atoms with Crippen LogP contribution >= 0.6 is 11.6 Å². The van der Waals surface area contributed by atoms with Crippen LogP contribution in [0.4, 0.5) is 13.2 Å². The van der Waals surface area contributed by atoms with E-state index in [4.69, 9.17) is 11.6 Å². The minimum Gasteiger partial charge on any atom is -0.302 e. The molecule has 1 aliphatic heterocycles. The van der Waals surface area contributed by atoms with Crippen LogP contribution in [0.3, 0.4) is 0 Å². The van der Waals surface area contributed by atoms with Gasteiger partial charge in [-0.1, -0.05) is 29.8 Å². The maximum absolute atomic E-state index is 13.2. The van der Waals surface area contributed by atoms with Gasteiger partial charge < -0.3 is 4.57 Å². The van der Waals surface area contributed by atoms with Crippen molar-refractivity contribution in [2.24, 2.45) is 4.99 Å². The van der Waals surface area contributed by atoms with Crippen LogP contribution in [0.5, 0.6) is 0 Å². The highest BCUT2D eigenvalue weighted by molar-refractivity contribution is 6.35. The second-order valence-electron chi connectivity index (χ2n) is 5.59. The van der Waals surface area contributed by atoms with E-state index >= 15 is 0 Å². The van der Waals surface area contributed by atoms with E-state index in [2.05, 4.69) is 9.98 Å². The van der Waals surface area contributed by atoms with E-state index in [1.165, 1.54) is 6.07 Å². The number of halogens is 4. The Labute approximate surface area is 146 Å². The van der Waals surface area contributed by atoms with Crippen LogP contribution < -0.4 is 0 Å². The molecule has 3 aromatic rings. The molecule has 3 nitrogen and oxygen atoms in total. The normalized spacial score (nSPS) is 13.7. The number of fused-ring (bicyclic) bond motifs is 3. The summed E-state index contributed by atoms with van der Waals surface area (Å²) in [6.45, 7) is 0.254. The molecule has 7 heteroatoms. The third kappa shape index (κ3) is 2.72. The number of alkyl halides is 3. The summed E-state index contributed by atoms with van der Waals surface area (Å²) < 4.78 is 41.4. The molecule has 0 saturated carbocycles. The van der Waals surface area contributed by atoms with Crippen molar-refractivity contribution in [1.82, 2.24) is 9.55 Å². The Morgan fingerprint density at radius 2 is 1.84 bits per heavy atom. The molecule has 25 heavy (non-hydrogen) atoms. The maximum Gasteiger partial charge on any atom is 0.416 e. The maximum atomic E-state index is 13.2. The Bertz CT molecular complexity index is 989. The van der Waals surface area contributed by atoms with Gasteiger partial charge in [-0.25, -0.2) is 4.98 Å². The lowest BCUT2D eigenvalue weighted by molar-refractivity contribution is -0.137. The number of imidazole rings is 1. The first kappa shape index (κ1) is 15.9. The van der Waals surface area contributed by atoms with E-state index in [-0.39, 0.29) is 6.54 Å². The van der Waals surface area contributed by atoms with Crippen molar-refractivity contribution in [2.75, 3.05) is 0 Å². The summed E-state index contributed by atoms with van der Waals surface area (Å²) in [5.41, 5.74) is 1.26. The minimum absolute atomic E-state index is 0.254. The molecular formula is C18H11ClF3N3. The molecule has 1 aliphatic rings. The largest absolute Gasteiger partial charge is 0.416 e. The summed E-state index contributed by atoms with van der Waals surface area (Å²) in [7, 11) is 0. The van der Waals surface area contributed by atoms with E-state index in [1.54, 1.807) is 41.2 Å². The predicted octanol–water partition coefficient (Wildman–Crippen LogP) is 4.90. The Hall–Kier alpha value is -2.60. The van der Waals surface area contributed by atoms with Crippen LogP contribution in [-0.2, 0) is 12.7 Å². The zero-order valence-corrected chi connectivity index (χ0v) is 13.5. The molecule has 0 bridgehead atoms. The highest BCUT2D eigenvalue weighted by Gasteiger charge is 2.32. The van der Waals surface area contributed by atoms with Crippen LogP contribution in [-0.4, -0.2) is 15.3 Å². The smallest absolute Gasteiger partial charge is 0.302 e.